The van der Waals surface area contributed by atoms with Crippen molar-refractivity contribution >= 4 is 5.71 Å². The van der Waals surface area contributed by atoms with Gasteiger partial charge in [-0.3, -0.25) is 9.99 Å². The van der Waals surface area contributed by atoms with E-state index >= 15 is 0 Å². The van der Waals surface area contributed by atoms with E-state index in [1.165, 1.54) is 6.20 Å². The minimum absolute atomic E-state index is 0.136. The number of benzene rings is 1. The second kappa shape index (κ2) is 5.61. The number of hydrogen-bond acceptors (Lipinski definition) is 4. The molecule has 1 aromatic carbocycles. The zero-order valence-electron chi connectivity index (χ0n) is 12.3. The molecule has 0 spiro atoms. The van der Waals surface area contributed by atoms with Crippen LogP contribution < -0.4 is 5.43 Å². The molecule has 7 heteroatoms. The Balaban J connectivity index is 1.87. The maximum absolute atomic E-state index is 14.2. The highest BCUT2D eigenvalue weighted by atomic mass is 19.2. The number of aliphatic imine (C=N–C) groups is 1. The van der Waals surface area contributed by atoms with E-state index in [-0.39, 0.29) is 11.3 Å². The van der Waals surface area contributed by atoms with E-state index in [1.54, 1.807) is 29.4 Å². The molecule has 1 aromatic heterocycles. The van der Waals surface area contributed by atoms with Gasteiger partial charge in [-0.1, -0.05) is 0 Å². The molecular weight excluding hydrogens is 317 g/mol. The highest BCUT2D eigenvalue weighted by Gasteiger charge is 2.21. The Morgan fingerprint density at radius 2 is 2.00 bits per heavy atom. The minimum atomic E-state index is -1.25. The van der Waals surface area contributed by atoms with E-state index in [2.05, 4.69) is 15.4 Å². The second-order valence-electron chi connectivity index (χ2n) is 5.26. The molecule has 2 aromatic rings. The van der Waals surface area contributed by atoms with Gasteiger partial charge >= 0.3 is 0 Å². The van der Waals surface area contributed by atoms with Gasteiger partial charge in [0.15, 0.2) is 11.6 Å². The van der Waals surface area contributed by atoms with Crippen LogP contribution in [0.2, 0.25) is 0 Å². The van der Waals surface area contributed by atoms with Crippen LogP contribution in [0.4, 0.5) is 13.2 Å². The van der Waals surface area contributed by atoms with E-state index in [1.807, 2.05) is 6.08 Å². The normalized spacial score (nSPS) is 16.0. The molecule has 0 amide bonds. The Hall–Kier alpha value is -2.93. The number of aromatic nitrogens is 1. The van der Waals surface area contributed by atoms with E-state index in [0.29, 0.717) is 29.7 Å². The molecule has 120 valence electrons. The highest BCUT2D eigenvalue weighted by molar-refractivity contribution is 6.13. The highest BCUT2D eigenvalue weighted by Crippen LogP contribution is 2.29. The lowest BCUT2D eigenvalue weighted by Gasteiger charge is -2.20. The Morgan fingerprint density at radius 1 is 1.12 bits per heavy atom. The van der Waals surface area contributed by atoms with Gasteiger partial charge in [0.05, 0.1) is 11.4 Å². The number of fused-ring (bicyclic) bond motifs is 1. The van der Waals surface area contributed by atoms with Crippen molar-refractivity contribution in [2.75, 3.05) is 6.54 Å². The first kappa shape index (κ1) is 14.6. The first-order valence-electron chi connectivity index (χ1n) is 7.23. The van der Waals surface area contributed by atoms with Crippen molar-refractivity contribution in [3.05, 3.63) is 77.7 Å². The van der Waals surface area contributed by atoms with Crippen molar-refractivity contribution < 1.29 is 13.2 Å². The second-order valence-corrected chi connectivity index (χ2v) is 5.26. The van der Waals surface area contributed by atoms with E-state index in [9.17, 15) is 13.2 Å². The third-order valence-electron chi connectivity index (χ3n) is 3.74. The molecule has 4 rings (SSSR count). The Bertz CT molecular complexity index is 918. The summed E-state index contributed by atoms with van der Waals surface area (Å²) in [6, 6.07) is 4.79. The number of hydrogen-bond donors (Lipinski definition) is 1. The zero-order chi connectivity index (χ0) is 16.7. The van der Waals surface area contributed by atoms with Gasteiger partial charge in [-0.2, -0.15) is 0 Å². The maximum atomic E-state index is 14.2. The molecule has 0 unspecified atom stereocenters. The molecule has 24 heavy (non-hydrogen) atoms. The molecule has 1 N–H and O–H groups in total. The third-order valence-corrected chi connectivity index (χ3v) is 3.74. The summed E-state index contributed by atoms with van der Waals surface area (Å²) in [5.41, 5.74) is 4.00. The first-order valence-corrected chi connectivity index (χ1v) is 7.23. The Labute approximate surface area is 135 Å². The standard InChI is InChI=1S/C17H11F3N4/c18-10-8-12(16(20)13(19)9-10)17-11(2-1-5-21-17)14-4-7-24-15(23-14)3-6-22-24/h1-5,7-9,22H,6H2. The van der Waals surface area contributed by atoms with Crippen molar-refractivity contribution in [3.8, 4) is 11.3 Å². The summed E-state index contributed by atoms with van der Waals surface area (Å²) in [7, 11) is 0. The largest absolute Gasteiger partial charge is 0.267 e. The van der Waals surface area contributed by atoms with Crippen LogP contribution in [0.1, 0.15) is 5.56 Å². The van der Waals surface area contributed by atoms with Gasteiger partial charge in [-0.05, 0) is 30.4 Å². The summed E-state index contributed by atoms with van der Waals surface area (Å²) < 4.78 is 41.3. The molecule has 0 saturated carbocycles. The van der Waals surface area contributed by atoms with E-state index in [0.717, 1.165) is 6.07 Å². The Kier molecular flexibility index (Phi) is 3.42. The van der Waals surface area contributed by atoms with Crippen LogP contribution in [0.5, 0.6) is 0 Å². The smallest absolute Gasteiger partial charge is 0.168 e. The molecule has 2 aliphatic heterocycles. The quantitative estimate of drug-likeness (QED) is 0.861. The molecule has 4 nitrogen and oxygen atoms in total. The fourth-order valence-electron chi connectivity index (χ4n) is 2.65. The monoisotopic (exact) mass is 328 g/mol. The van der Waals surface area contributed by atoms with Crippen molar-refractivity contribution in [3.63, 3.8) is 0 Å². The molecular formula is C17H11F3N4. The molecule has 0 saturated heterocycles. The fourth-order valence-corrected chi connectivity index (χ4v) is 2.65. The molecule has 3 heterocycles. The Morgan fingerprint density at radius 3 is 2.88 bits per heavy atom. The van der Waals surface area contributed by atoms with Crippen LogP contribution in [0, 0.1) is 17.5 Å². The molecule has 0 fully saturated rings. The number of nitrogens with one attached hydrogen (secondary N) is 1. The van der Waals surface area contributed by atoms with Gasteiger partial charge in [0.2, 0.25) is 0 Å². The molecule has 0 aliphatic carbocycles. The van der Waals surface area contributed by atoms with Gasteiger partial charge in [-0.15, -0.1) is 0 Å². The summed E-state index contributed by atoms with van der Waals surface area (Å²) in [4.78, 5) is 8.60. The zero-order valence-corrected chi connectivity index (χ0v) is 12.3. The lowest BCUT2D eigenvalue weighted by molar-refractivity contribution is 0.383. The van der Waals surface area contributed by atoms with E-state index in [4.69, 9.17) is 0 Å². The van der Waals surface area contributed by atoms with Crippen molar-refractivity contribution in [2.45, 2.75) is 0 Å². The molecule has 0 atom stereocenters. The van der Waals surface area contributed by atoms with Crippen LogP contribution in [0.15, 0.2) is 59.6 Å². The number of halogens is 3. The number of pyridine rings is 1. The fraction of sp³-hybridized carbons (Fsp3) is 0.0588. The van der Waals surface area contributed by atoms with Crippen LogP contribution in [0.3, 0.4) is 0 Å². The summed E-state index contributed by atoms with van der Waals surface area (Å²) in [6.07, 6.45) is 6.84. The molecule has 0 radical (unpaired) electrons. The number of hydrazine groups is 1. The predicted molar refractivity (Wildman–Crippen MR) is 83.1 cm³/mol. The topological polar surface area (TPSA) is 40.5 Å². The summed E-state index contributed by atoms with van der Waals surface area (Å²) in [6.45, 7) is 0.653. The summed E-state index contributed by atoms with van der Waals surface area (Å²) in [5.74, 6) is -2.56. The third kappa shape index (κ3) is 2.39. The van der Waals surface area contributed by atoms with Gasteiger partial charge in [0.1, 0.15) is 11.6 Å². The van der Waals surface area contributed by atoms with Gasteiger partial charge in [-0.25, -0.2) is 23.6 Å². The lowest BCUT2D eigenvalue weighted by Crippen LogP contribution is -2.28. The van der Waals surface area contributed by atoms with Crippen LogP contribution in [0.25, 0.3) is 11.3 Å². The van der Waals surface area contributed by atoms with Crippen molar-refractivity contribution in [1.82, 2.24) is 15.4 Å². The first-order chi connectivity index (χ1) is 11.6. The van der Waals surface area contributed by atoms with Crippen LogP contribution in [-0.2, 0) is 0 Å². The minimum Gasteiger partial charge on any atom is -0.267 e. The van der Waals surface area contributed by atoms with Crippen molar-refractivity contribution in [1.29, 1.82) is 0 Å². The average Bonchev–Trinajstić information content (AvgIpc) is 3.06. The molecule has 0 bridgehead atoms. The van der Waals surface area contributed by atoms with Gasteiger partial charge in [0.25, 0.3) is 0 Å². The van der Waals surface area contributed by atoms with Crippen molar-refractivity contribution in [2.24, 2.45) is 4.99 Å². The predicted octanol–water partition coefficient (Wildman–Crippen LogP) is 3.14. The van der Waals surface area contributed by atoms with Crippen LogP contribution in [-0.4, -0.2) is 22.2 Å². The number of rotatable bonds is 2. The summed E-state index contributed by atoms with van der Waals surface area (Å²) in [5, 5.41) is 1.75. The van der Waals surface area contributed by atoms with Gasteiger partial charge in [0, 0.05) is 36.1 Å². The summed E-state index contributed by atoms with van der Waals surface area (Å²) >= 11 is 0. The molecule has 2 aliphatic rings. The SMILES string of the molecule is Fc1cc(F)c(F)c(-c2ncccc2C2=NC3=CCNN3C=C2)c1. The van der Waals surface area contributed by atoms with Gasteiger partial charge < -0.3 is 0 Å². The maximum Gasteiger partial charge on any atom is 0.168 e. The number of nitrogens with zero attached hydrogens (tertiary/aromatic N) is 3. The average molecular weight is 328 g/mol. The van der Waals surface area contributed by atoms with Crippen LogP contribution >= 0.6 is 0 Å². The number of allylic oxidation sites excluding steroid dienone is 1. The lowest BCUT2D eigenvalue weighted by atomic mass is 10.0. The van der Waals surface area contributed by atoms with E-state index < -0.39 is 17.5 Å².